The highest BCUT2D eigenvalue weighted by Crippen LogP contribution is 2.41. The van der Waals surface area contributed by atoms with E-state index in [1.165, 1.54) is 11.1 Å². The molecular weight excluding hydrogens is 244 g/mol. The minimum atomic E-state index is 0.973. The third-order valence-electron chi connectivity index (χ3n) is 2.22. The Kier molecular flexibility index (Phi) is 3.87. The summed E-state index contributed by atoms with van der Waals surface area (Å²) in [5.41, 5.74) is 3.06. The highest BCUT2D eigenvalue weighted by atomic mass is 32.0. The molecule has 0 fully saturated rings. The third kappa shape index (κ3) is 2.51. The number of rotatable bonds is 3. The average Bonchev–Trinajstić information content (AvgIpc) is 2.72. The van der Waals surface area contributed by atoms with Crippen molar-refractivity contribution in [1.29, 1.82) is 0 Å². The van der Waals surface area contributed by atoms with Gasteiger partial charge in [0.2, 0.25) is 0 Å². The zero-order chi connectivity index (χ0) is 9.97. The summed E-state index contributed by atoms with van der Waals surface area (Å²) in [5, 5.41) is 3.42. The van der Waals surface area contributed by atoms with Crippen LogP contribution in [0.1, 0.15) is 11.1 Å². The normalized spacial score (nSPS) is 13.6. The summed E-state index contributed by atoms with van der Waals surface area (Å²) in [6.07, 6.45) is 0. The van der Waals surface area contributed by atoms with Crippen LogP contribution < -0.4 is 10.1 Å². The molecule has 0 nitrogen and oxygen atoms in total. The van der Waals surface area contributed by atoms with Gasteiger partial charge in [-0.3, -0.25) is 0 Å². The number of hydrogen-bond acceptors (Lipinski definition) is 0. The molecule has 4 heteroatoms. The molecular formula is C10H14P4. The first kappa shape index (κ1) is 10.9. The molecule has 0 spiro atoms. The molecule has 0 aliphatic carbocycles. The zero-order valence-corrected chi connectivity index (χ0v) is 12.3. The van der Waals surface area contributed by atoms with E-state index in [1.54, 1.807) is 10.1 Å². The van der Waals surface area contributed by atoms with Crippen molar-refractivity contribution in [3.63, 3.8) is 0 Å². The van der Waals surface area contributed by atoms with Gasteiger partial charge in [0, 0.05) is 0 Å². The van der Waals surface area contributed by atoms with Crippen LogP contribution in [0.4, 0.5) is 0 Å². The Bertz CT molecular complexity index is 373. The molecule has 14 heavy (non-hydrogen) atoms. The van der Waals surface area contributed by atoms with Crippen molar-refractivity contribution < 1.29 is 0 Å². The molecule has 74 valence electrons. The van der Waals surface area contributed by atoms with E-state index in [1.807, 2.05) is 0 Å². The Balaban J connectivity index is 2.02. The topological polar surface area (TPSA) is 0 Å². The van der Waals surface area contributed by atoms with E-state index in [9.17, 15) is 0 Å². The van der Waals surface area contributed by atoms with Crippen LogP contribution in [0.5, 0.6) is 0 Å². The molecule has 2 aromatic heterocycles. The van der Waals surface area contributed by atoms with Gasteiger partial charge in [0.25, 0.3) is 0 Å². The van der Waals surface area contributed by atoms with Crippen LogP contribution in [0.2, 0.25) is 0 Å². The summed E-state index contributed by atoms with van der Waals surface area (Å²) in [6, 6.07) is 4.56. The van der Waals surface area contributed by atoms with Gasteiger partial charge in [-0.1, -0.05) is 28.7 Å². The van der Waals surface area contributed by atoms with Gasteiger partial charge in [0.15, 0.2) is 0 Å². The summed E-state index contributed by atoms with van der Waals surface area (Å²) in [7, 11) is 4.05. The van der Waals surface area contributed by atoms with Crippen molar-refractivity contribution in [2.45, 2.75) is 13.8 Å². The first-order chi connectivity index (χ1) is 6.77. The van der Waals surface area contributed by atoms with Crippen molar-refractivity contribution in [1.82, 2.24) is 0 Å². The summed E-state index contributed by atoms with van der Waals surface area (Å²) in [5.74, 6) is 4.64. The second-order valence-electron chi connectivity index (χ2n) is 3.32. The molecule has 0 N–H and O–H groups in total. The van der Waals surface area contributed by atoms with Gasteiger partial charge < -0.3 is 0 Å². The molecule has 0 saturated carbocycles. The molecule has 0 amide bonds. The molecule has 2 rings (SSSR count). The molecule has 2 heterocycles. The van der Waals surface area contributed by atoms with E-state index >= 15 is 0 Å². The molecule has 0 aromatic carbocycles. The highest BCUT2D eigenvalue weighted by Gasteiger charge is 2.01. The van der Waals surface area contributed by atoms with Gasteiger partial charge in [-0.25, -0.2) is 0 Å². The Morgan fingerprint density at radius 2 is 1.29 bits per heavy atom. The van der Waals surface area contributed by atoms with Crippen LogP contribution in [0, 0.1) is 13.8 Å². The minimum Gasteiger partial charge on any atom is -0.131 e. The smallest absolute Gasteiger partial charge is 0.00351 e. The van der Waals surface area contributed by atoms with Gasteiger partial charge >= 0.3 is 0 Å². The van der Waals surface area contributed by atoms with Crippen molar-refractivity contribution in [2.24, 2.45) is 0 Å². The zero-order valence-electron chi connectivity index (χ0n) is 8.31. The third-order valence-corrected chi connectivity index (χ3v) is 10.7. The lowest BCUT2D eigenvalue weighted by Gasteiger charge is -2.01. The van der Waals surface area contributed by atoms with Crippen molar-refractivity contribution in [3.05, 3.63) is 34.9 Å². The van der Waals surface area contributed by atoms with Crippen LogP contribution >= 0.6 is 32.9 Å². The van der Waals surface area contributed by atoms with E-state index in [0.29, 0.717) is 0 Å². The van der Waals surface area contributed by atoms with E-state index in [4.69, 9.17) is 0 Å². The van der Waals surface area contributed by atoms with Crippen molar-refractivity contribution >= 4 is 43.0 Å². The highest BCUT2D eigenvalue weighted by molar-refractivity contribution is 8.21. The van der Waals surface area contributed by atoms with Gasteiger partial charge in [-0.05, 0) is 46.6 Å². The maximum absolute atomic E-state index is 2.32. The first-order valence-electron chi connectivity index (χ1n) is 4.57. The first-order valence-corrected chi connectivity index (χ1v) is 9.73. The summed E-state index contributed by atoms with van der Waals surface area (Å²) < 4.78 is 0. The largest absolute Gasteiger partial charge is 0.131 e. The lowest BCUT2D eigenvalue weighted by atomic mass is 10.4. The van der Waals surface area contributed by atoms with Crippen molar-refractivity contribution in [3.8, 4) is 0 Å². The molecule has 0 aliphatic heterocycles. The van der Waals surface area contributed by atoms with Crippen LogP contribution in [0.3, 0.4) is 0 Å². The van der Waals surface area contributed by atoms with Crippen LogP contribution in [0.25, 0.3) is 0 Å². The molecule has 2 aromatic rings. The van der Waals surface area contributed by atoms with E-state index in [0.717, 1.165) is 32.9 Å². The van der Waals surface area contributed by atoms with Crippen LogP contribution in [-0.2, 0) is 0 Å². The fourth-order valence-corrected chi connectivity index (χ4v) is 9.16. The van der Waals surface area contributed by atoms with Gasteiger partial charge in [-0.2, -0.15) is 0 Å². The van der Waals surface area contributed by atoms with E-state index in [2.05, 4.69) is 37.6 Å². The molecule has 0 aliphatic rings. The molecule has 0 saturated heterocycles. The number of hydrogen-bond donors (Lipinski definition) is 0. The quantitative estimate of drug-likeness (QED) is 0.738. The second kappa shape index (κ2) is 4.96. The fourth-order valence-electron chi connectivity index (χ4n) is 1.29. The maximum Gasteiger partial charge on any atom is -0.00351 e. The minimum absolute atomic E-state index is 0.973. The predicted octanol–water partition coefficient (Wildman–Crippen LogP) is 3.59. The Labute approximate surface area is 91.9 Å². The van der Waals surface area contributed by atoms with E-state index < -0.39 is 0 Å². The standard InChI is InChI=1S/C10H14P4/c1-7-3-5-11-9(7)13-14-10-8(2)4-6-12-10/h3-6,11-14H,1-2H3. The molecule has 4 atom stereocenters. The van der Waals surface area contributed by atoms with Crippen molar-refractivity contribution in [2.75, 3.05) is 0 Å². The Morgan fingerprint density at radius 1 is 0.857 bits per heavy atom. The average molecular weight is 258 g/mol. The predicted molar refractivity (Wildman–Crippen MR) is 77.3 cm³/mol. The van der Waals surface area contributed by atoms with E-state index in [-0.39, 0.29) is 0 Å². The monoisotopic (exact) mass is 258 g/mol. The Morgan fingerprint density at radius 3 is 1.57 bits per heavy atom. The summed E-state index contributed by atoms with van der Waals surface area (Å²) in [4.78, 5) is 0. The summed E-state index contributed by atoms with van der Waals surface area (Å²) in [6.45, 7) is 4.50. The summed E-state index contributed by atoms with van der Waals surface area (Å²) >= 11 is 0. The lowest BCUT2D eigenvalue weighted by molar-refractivity contribution is 1.59. The van der Waals surface area contributed by atoms with Gasteiger partial charge in [0.1, 0.15) is 0 Å². The Hall–Kier alpha value is 0.420. The SMILES string of the molecule is Cc1cc[pH]c1PPc1[pH]ccc1C. The molecule has 4 unspecified atom stereocenters. The number of aryl methyl sites for hydroxylation is 2. The lowest BCUT2D eigenvalue weighted by Crippen LogP contribution is -1.90. The molecule has 0 bridgehead atoms. The molecule has 0 radical (unpaired) electrons. The second-order valence-corrected chi connectivity index (χ2v) is 9.57. The maximum atomic E-state index is 2.32. The van der Waals surface area contributed by atoms with Gasteiger partial charge in [0.05, 0.1) is 0 Å². The van der Waals surface area contributed by atoms with Crippen LogP contribution in [-0.4, -0.2) is 0 Å². The van der Waals surface area contributed by atoms with Gasteiger partial charge in [-0.15, -0.1) is 16.4 Å². The fraction of sp³-hybridized carbons (Fsp3) is 0.200. The van der Waals surface area contributed by atoms with Crippen LogP contribution in [0.15, 0.2) is 23.7 Å².